The maximum Gasteiger partial charge on any atom is 0.191 e. The quantitative estimate of drug-likeness (QED) is 0.192. The van der Waals surface area contributed by atoms with E-state index in [2.05, 4.69) is 51.0 Å². The van der Waals surface area contributed by atoms with E-state index in [0.29, 0.717) is 6.54 Å². The first-order valence-electron chi connectivity index (χ1n) is 9.94. The van der Waals surface area contributed by atoms with Gasteiger partial charge >= 0.3 is 0 Å². The van der Waals surface area contributed by atoms with Crippen molar-refractivity contribution in [3.8, 4) is 5.75 Å². The van der Waals surface area contributed by atoms with Gasteiger partial charge in [0.15, 0.2) is 5.96 Å². The van der Waals surface area contributed by atoms with Crippen LogP contribution in [0.4, 0.5) is 5.82 Å². The minimum atomic E-state index is 0. The van der Waals surface area contributed by atoms with E-state index in [4.69, 9.17) is 4.74 Å². The van der Waals surface area contributed by atoms with Crippen LogP contribution in [0.2, 0.25) is 0 Å². The number of guanidine groups is 1. The fraction of sp³-hybridized carbons (Fsp3) is 0.455. The summed E-state index contributed by atoms with van der Waals surface area (Å²) in [5.74, 6) is 2.65. The average molecular weight is 511 g/mol. The molecule has 0 saturated carbocycles. The molecule has 29 heavy (non-hydrogen) atoms. The van der Waals surface area contributed by atoms with Crippen molar-refractivity contribution < 1.29 is 4.74 Å². The van der Waals surface area contributed by atoms with Crippen molar-refractivity contribution in [1.82, 2.24) is 15.6 Å². The summed E-state index contributed by atoms with van der Waals surface area (Å²) in [6.07, 6.45) is 4.06. The van der Waals surface area contributed by atoms with Crippen LogP contribution in [-0.4, -0.2) is 37.2 Å². The fourth-order valence-corrected chi connectivity index (χ4v) is 2.71. The number of halogens is 1. The average Bonchev–Trinajstić information content (AvgIpc) is 2.68. The largest absolute Gasteiger partial charge is 0.491 e. The van der Waals surface area contributed by atoms with Crippen molar-refractivity contribution >= 4 is 35.8 Å². The zero-order valence-electron chi connectivity index (χ0n) is 17.9. The predicted molar refractivity (Wildman–Crippen MR) is 133 cm³/mol. The van der Waals surface area contributed by atoms with Gasteiger partial charge in [0.1, 0.15) is 11.6 Å². The van der Waals surface area contributed by atoms with Crippen molar-refractivity contribution in [2.24, 2.45) is 4.99 Å². The highest BCUT2D eigenvalue weighted by Crippen LogP contribution is 2.21. The number of nitrogens with one attached hydrogen (secondary N) is 3. The number of ether oxygens (including phenoxy) is 1. The smallest absolute Gasteiger partial charge is 0.191 e. The minimum absolute atomic E-state index is 0. The number of pyridine rings is 1. The zero-order chi connectivity index (χ0) is 20.2. The lowest BCUT2D eigenvalue weighted by Crippen LogP contribution is -2.37. The van der Waals surface area contributed by atoms with Gasteiger partial charge in [0.05, 0.1) is 6.10 Å². The van der Waals surface area contributed by atoms with Crippen LogP contribution in [0.15, 0.2) is 47.6 Å². The second-order valence-corrected chi connectivity index (χ2v) is 6.98. The third-order valence-electron chi connectivity index (χ3n) is 4.12. The van der Waals surface area contributed by atoms with Gasteiger partial charge in [-0.25, -0.2) is 4.98 Å². The highest BCUT2D eigenvalue weighted by atomic mass is 127. The molecule has 0 spiro atoms. The van der Waals surface area contributed by atoms with Gasteiger partial charge in [0.2, 0.25) is 0 Å². The van der Waals surface area contributed by atoms with Gasteiger partial charge in [0.25, 0.3) is 0 Å². The van der Waals surface area contributed by atoms with E-state index in [1.807, 2.05) is 32.0 Å². The number of aryl methyl sites for hydroxylation is 1. The molecule has 7 heteroatoms. The van der Waals surface area contributed by atoms with E-state index >= 15 is 0 Å². The number of aromatic nitrogens is 1. The van der Waals surface area contributed by atoms with Crippen molar-refractivity contribution in [3.05, 3.63) is 53.7 Å². The number of benzene rings is 1. The first kappa shape index (κ1) is 25.0. The molecule has 1 aromatic carbocycles. The molecule has 0 atom stereocenters. The summed E-state index contributed by atoms with van der Waals surface area (Å²) in [6.45, 7) is 8.61. The monoisotopic (exact) mass is 511 g/mol. The molecule has 0 fully saturated rings. The molecule has 0 unspecified atom stereocenters. The summed E-state index contributed by atoms with van der Waals surface area (Å²) in [4.78, 5) is 8.56. The third kappa shape index (κ3) is 9.83. The van der Waals surface area contributed by atoms with Crippen LogP contribution in [-0.2, 0) is 6.54 Å². The Balaban J connectivity index is 0.00000420. The molecule has 3 N–H and O–H groups in total. The highest BCUT2D eigenvalue weighted by molar-refractivity contribution is 14.0. The Bertz CT molecular complexity index is 737. The third-order valence-corrected chi connectivity index (χ3v) is 4.12. The van der Waals surface area contributed by atoms with Crippen LogP contribution in [0.1, 0.15) is 37.8 Å². The summed E-state index contributed by atoms with van der Waals surface area (Å²) >= 11 is 0. The van der Waals surface area contributed by atoms with E-state index in [0.717, 1.165) is 49.0 Å². The van der Waals surface area contributed by atoms with Gasteiger partial charge < -0.3 is 20.7 Å². The lowest BCUT2D eigenvalue weighted by atomic mass is 10.1. The fourth-order valence-electron chi connectivity index (χ4n) is 2.71. The number of aliphatic imine (C=N–C) groups is 1. The van der Waals surface area contributed by atoms with Crippen LogP contribution < -0.4 is 20.7 Å². The van der Waals surface area contributed by atoms with Crippen LogP contribution in [0, 0.1) is 6.92 Å². The molecule has 0 saturated heterocycles. The van der Waals surface area contributed by atoms with Crippen LogP contribution in [0.3, 0.4) is 0 Å². The van der Waals surface area contributed by atoms with Gasteiger partial charge in [-0.3, -0.25) is 4.99 Å². The molecule has 0 aliphatic heterocycles. The molecule has 0 bridgehead atoms. The molecule has 0 aliphatic rings. The Morgan fingerprint density at radius 2 is 1.90 bits per heavy atom. The number of unbranched alkanes of at least 4 members (excludes halogenated alkanes) is 1. The van der Waals surface area contributed by atoms with Crippen LogP contribution >= 0.6 is 24.0 Å². The molecule has 0 amide bonds. The molecular formula is C22H34IN5O. The van der Waals surface area contributed by atoms with Gasteiger partial charge in [-0.1, -0.05) is 18.2 Å². The SMILES string of the molecule is CN=C(NCCCCNc1ccccn1)NCc1ccc(C)cc1OC(C)C.I. The first-order chi connectivity index (χ1) is 13.6. The van der Waals surface area contributed by atoms with E-state index in [1.165, 1.54) is 5.56 Å². The highest BCUT2D eigenvalue weighted by Gasteiger charge is 2.07. The van der Waals surface area contributed by atoms with Crippen molar-refractivity contribution in [1.29, 1.82) is 0 Å². The predicted octanol–water partition coefficient (Wildman–Crippen LogP) is 4.35. The lowest BCUT2D eigenvalue weighted by molar-refractivity contribution is 0.239. The topological polar surface area (TPSA) is 70.6 Å². The van der Waals surface area contributed by atoms with Crippen molar-refractivity contribution in [2.75, 3.05) is 25.5 Å². The van der Waals surface area contributed by atoms with Crippen LogP contribution in [0.5, 0.6) is 5.75 Å². The van der Waals surface area contributed by atoms with Crippen molar-refractivity contribution in [3.63, 3.8) is 0 Å². The van der Waals surface area contributed by atoms with E-state index < -0.39 is 0 Å². The summed E-state index contributed by atoms with van der Waals surface area (Å²) in [6, 6.07) is 12.2. The molecule has 0 aliphatic carbocycles. The van der Waals surface area contributed by atoms with Crippen LogP contribution in [0.25, 0.3) is 0 Å². The Labute approximate surface area is 192 Å². The van der Waals surface area contributed by atoms with E-state index in [9.17, 15) is 0 Å². The summed E-state index contributed by atoms with van der Waals surface area (Å²) in [5, 5.41) is 10.1. The normalized spacial score (nSPS) is 11.0. The van der Waals surface area contributed by atoms with E-state index in [1.54, 1.807) is 13.2 Å². The first-order valence-corrected chi connectivity index (χ1v) is 9.94. The number of nitrogens with zero attached hydrogens (tertiary/aromatic N) is 2. The molecule has 0 radical (unpaired) electrons. The lowest BCUT2D eigenvalue weighted by Gasteiger charge is -2.17. The van der Waals surface area contributed by atoms with Crippen molar-refractivity contribution in [2.45, 2.75) is 46.3 Å². The number of anilines is 1. The Morgan fingerprint density at radius 3 is 2.59 bits per heavy atom. The standard InChI is InChI=1S/C22H33N5O.HI/c1-17(2)28-20-15-18(3)10-11-19(20)16-27-22(23-4)26-14-8-7-13-25-21-9-5-6-12-24-21;/h5-6,9-12,15,17H,7-8,13-14,16H2,1-4H3,(H,24,25)(H2,23,26,27);1H. The maximum atomic E-state index is 5.94. The minimum Gasteiger partial charge on any atom is -0.491 e. The van der Waals surface area contributed by atoms with Gasteiger partial charge in [-0.05, 0) is 57.4 Å². The van der Waals surface area contributed by atoms with E-state index in [-0.39, 0.29) is 30.1 Å². The summed E-state index contributed by atoms with van der Waals surface area (Å²) < 4.78 is 5.94. The molecule has 6 nitrogen and oxygen atoms in total. The van der Waals surface area contributed by atoms with Gasteiger partial charge in [-0.2, -0.15) is 0 Å². The molecule has 160 valence electrons. The van der Waals surface area contributed by atoms with Gasteiger partial charge in [0, 0.05) is 38.4 Å². The second-order valence-electron chi connectivity index (χ2n) is 6.98. The zero-order valence-corrected chi connectivity index (χ0v) is 20.2. The molecule has 1 heterocycles. The number of hydrogen-bond acceptors (Lipinski definition) is 4. The molecule has 2 rings (SSSR count). The summed E-state index contributed by atoms with van der Waals surface area (Å²) in [5.41, 5.74) is 2.32. The number of hydrogen-bond donors (Lipinski definition) is 3. The van der Waals surface area contributed by atoms with Gasteiger partial charge in [-0.15, -0.1) is 24.0 Å². The second kappa shape index (κ2) is 14.0. The Morgan fingerprint density at radius 1 is 1.10 bits per heavy atom. The molecular weight excluding hydrogens is 477 g/mol. The summed E-state index contributed by atoms with van der Waals surface area (Å²) in [7, 11) is 1.79. The number of rotatable bonds is 10. The maximum absolute atomic E-state index is 5.94. The Kier molecular flexibility index (Phi) is 12.1. The molecule has 2 aromatic rings. The molecule has 1 aromatic heterocycles. The Hall–Kier alpha value is -2.03.